The average molecular weight is 534 g/mol. The molecule has 2 N–H and O–H groups in total. The number of thiophene rings is 1. The molecule has 2 heterocycles. The molecule has 3 rings (SSSR count). The number of hydrogen-bond donors (Lipinski definition) is 2. The molecule has 0 aliphatic rings. The maximum atomic E-state index is 13.4. The van der Waals surface area contributed by atoms with Crippen molar-refractivity contribution in [3.63, 3.8) is 0 Å². The van der Waals surface area contributed by atoms with E-state index in [1.165, 1.54) is 37.4 Å². The van der Waals surface area contributed by atoms with Gasteiger partial charge in [0.1, 0.15) is 5.71 Å². The molecule has 13 heteroatoms. The van der Waals surface area contributed by atoms with Gasteiger partial charge >= 0.3 is 12.4 Å². The third-order valence-corrected chi connectivity index (χ3v) is 6.93. The standard InChI is InChI=1S/C22H17F6N3O2S2/c1-12-9-13(11-30-20(12)35(2,32)33)17-7-8-18(34-17)16(10-19(29)22(26,27)28)31-15-6-4-3-5-14(15)21(23,24)25/h3-11,29,31H,1-2H3/b16-10-,29-19?. The summed E-state index contributed by atoms with van der Waals surface area (Å²) in [4.78, 5) is 4.55. The van der Waals surface area contributed by atoms with Gasteiger partial charge in [-0.25, -0.2) is 13.4 Å². The van der Waals surface area contributed by atoms with Crippen LogP contribution in [-0.4, -0.2) is 31.5 Å². The van der Waals surface area contributed by atoms with E-state index in [0.29, 0.717) is 22.1 Å². The van der Waals surface area contributed by atoms with Crippen LogP contribution in [0.1, 0.15) is 16.0 Å². The van der Waals surface area contributed by atoms with Crippen LogP contribution < -0.4 is 5.32 Å². The van der Waals surface area contributed by atoms with Gasteiger partial charge in [0.25, 0.3) is 0 Å². The summed E-state index contributed by atoms with van der Waals surface area (Å²) in [5.74, 6) is 0. The molecule has 0 unspecified atom stereocenters. The number of nitrogens with one attached hydrogen (secondary N) is 2. The Balaban J connectivity index is 2.07. The Morgan fingerprint density at radius 3 is 2.31 bits per heavy atom. The van der Waals surface area contributed by atoms with E-state index in [-0.39, 0.29) is 15.6 Å². The second kappa shape index (κ2) is 9.46. The molecule has 0 saturated carbocycles. The fraction of sp³-hybridized carbons (Fsp3) is 0.182. The number of sulfone groups is 1. The van der Waals surface area contributed by atoms with Gasteiger partial charge in [0.15, 0.2) is 14.9 Å². The zero-order valence-electron chi connectivity index (χ0n) is 18.0. The maximum Gasteiger partial charge on any atom is 0.432 e. The first kappa shape index (κ1) is 26.4. The third kappa shape index (κ3) is 6.28. The van der Waals surface area contributed by atoms with E-state index in [9.17, 15) is 34.8 Å². The lowest BCUT2D eigenvalue weighted by molar-refractivity contribution is -0.136. The van der Waals surface area contributed by atoms with Crippen molar-refractivity contribution in [2.75, 3.05) is 11.6 Å². The van der Waals surface area contributed by atoms with Gasteiger partial charge in [-0.15, -0.1) is 11.3 Å². The summed E-state index contributed by atoms with van der Waals surface area (Å²) in [6.07, 6.45) is -7.08. The number of aryl methyl sites for hydroxylation is 1. The molecule has 0 fully saturated rings. The molecule has 2 aromatic heterocycles. The fourth-order valence-corrected chi connectivity index (χ4v) is 4.95. The lowest BCUT2D eigenvalue weighted by atomic mass is 10.1. The topological polar surface area (TPSA) is 82.9 Å². The molecule has 186 valence electrons. The minimum atomic E-state index is -5.01. The molecule has 5 nitrogen and oxygen atoms in total. The molecule has 0 aliphatic heterocycles. The van der Waals surface area contributed by atoms with E-state index < -0.39 is 39.2 Å². The van der Waals surface area contributed by atoms with Crippen molar-refractivity contribution in [1.29, 1.82) is 5.41 Å². The number of halogens is 6. The molecule has 0 aliphatic carbocycles. The van der Waals surface area contributed by atoms with Gasteiger partial charge in [-0.1, -0.05) is 12.1 Å². The molecule has 3 aromatic rings. The highest BCUT2D eigenvalue weighted by atomic mass is 32.2. The number of rotatable bonds is 6. The van der Waals surface area contributed by atoms with Crippen LogP contribution in [0, 0.1) is 12.3 Å². The molecule has 0 spiro atoms. The quantitative estimate of drug-likeness (QED) is 0.277. The predicted molar refractivity (Wildman–Crippen MR) is 122 cm³/mol. The fourth-order valence-electron chi connectivity index (χ4n) is 3.10. The van der Waals surface area contributed by atoms with Crippen molar-refractivity contribution in [2.45, 2.75) is 24.3 Å². The smallest absolute Gasteiger partial charge is 0.354 e. The zero-order chi connectivity index (χ0) is 26.2. The van der Waals surface area contributed by atoms with Gasteiger partial charge in [-0.3, -0.25) is 5.41 Å². The van der Waals surface area contributed by atoms with Crippen LogP contribution >= 0.6 is 11.3 Å². The Morgan fingerprint density at radius 1 is 1.09 bits per heavy atom. The number of alkyl halides is 6. The Labute approximate surface area is 200 Å². The average Bonchev–Trinajstić information content (AvgIpc) is 3.21. The molecule has 0 amide bonds. The summed E-state index contributed by atoms with van der Waals surface area (Å²) >= 11 is 0.936. The molecule has 0 atom stereocenters. The molecule has 0 saturated heterocycles. The SMILES string of the molecule is Cc1cc(-c2ccc(/C(=C/C(=N)C(F)(F)F)Nc3ccccc3C(F)(F)F)s2)cnc1S(C)(=O)=O. The van der Waals surface area contributed by atoms with Gasteiger partial charge in [-0.05, 0) is 48.9 Å². The first-order valence-corrected chi connectivity index (χ1v) is 12.4. The van der Waals surface area contributed by atoms with Gasteiger partial charge in [0, 0.05) is 22.9 Å². The first-order chi connectivity index (χ1) is 16.1. The summed E-state index contributed by atoms with van der Waals surface area (Å²) in [5.41, 5.74) is -2.87. The summed E-state index contributed by atoms with van der Waals surface area (Å²) in [6, 6.07) is 8.73. The van der Waals surface area contributed by atoms with E-state index in [0.717, 1.165) is 35.8 Å². The second-order valence-electron chi connectivity index (χ2n) is 7.42. The van der Waals surface area contributed by atoms with Crippen LogP contribution in [0.5, 0.6) is 0 Å². The Hall–Kier alpha value is -3.19. The van der Waals surface area contributed by atoms with E-state index in [1.807, 2.05) is 0 Å². The normalized spacial score (nSPS) is 13.1. The number of hydrogen-bond acceptors (Lipinski definition) is 6. The van der Waals surface area contributed by atoms with Crippen molar-refractivity contribution in [3.05, 3.63) is 70.7 Å². The van der Waals surface area contributed by atoms with Crippen molar-refractivity contribution < 1.29 is 34.8 Å². The summed E-state index contributed by atoms with van der Waals surface area (Å²) in [6.45, 7) is 1.53. The highest BCUT2D eigenvalue weighted by Gasteiger charge is 2.35. The molecule has 0 radical (unpaired) electrons. The van der Waals surface area contributed by atoms with Crippen LogP contribution in [0.15, 0.2) is 59.8 Å². The second-order valence-corrected chi connectivity index (χ2v) is 10.4. The Morgan fingerprint density at radius 2 is 1.74 bits per heavy atom. The van der Waals surface area contributed by atoms with Gasteiger partial charge < -0.3 is 5.32 Å². The number of anilines is 1. The summed E-state index contributed by atoms with van der Waals surface area (Å²) in [5, 5.41) is 9.59. The van der Waals surface area contributed by atoms with Crippen molar-refractivity contribution in [1.82, 2.24) is 4.98 Å². The number of aromatic nitrogens is 1. The highest BCUT2D eigenvalue weighted by molar-refractivity contribution is 7.90. The van der Waals surface area contributed by atoms with E-state index in [1.54, 1.807) is 0 Å². The van der Waals surface area contributed by atoms with Crippen LogP contribution in [0.2, 0.25) is 0 Å². The van der Waals surface area contributed by atoms with Crippen LogP contribution in [0.3, 0.4) is 0 Å². The third-order valence-electron chi connectivity index (χ3n) is 4.63. The van der Waals surface area contributed by atoms with Crippen LogP contribution in [0.25, 0.3) is 16.1 Å². The minimum absolute atomic E-state index is 0.121. The van der Waals surface area contributed by atoms with Gasteiger partial charge in [-0.2, -0.15) is 26.3 Å². The maximum absolute atomic E-state index is 13.4. The number of para-hydroxylation sites is 1. The van der Waals surface area contributed by atoms with Gasteiger partial charge in [0.05, 0.1) is 21.8 Å². The number of allylic oxidation sites excluding steroid dienone is 1. The largest absolute Gasteiger partial charge is 0.432 e. The Kier molecular flexibility index (Phi) is 7.14. The lowest BCUT2D eigenvalue weighted by Gasteiger charge is -2.16. The van der Waals surface area contributed by atoms with E-state index in [2.05, 4.69) is 10.3 Å². The Bertz CT molecular complexity index is 1410. The highest BCUT2D eigenvalue weighted by Crippen LogP contribution is 2.38. The van der Waals surface area contributed by atoms with Crippen molar-refractivity contribution >= 4 is 38.3 Å². The minimum Gasteiger partial charge on any atom is -0.354 e. The monoisotopic (exact) mass is 533 g/mol. The molecule has 1 aromatic carbocycles. The van der Waals surface area contributed by atoms with Crippen LogP contribution in [0.4, 0.5) is 32.0 Å². The number of pyridine rings is 1. The van der Waals surface area contributed by atoms with E-state index >= 15 is 0 Å². The predicted octanol–water partition coefficient (Wildman–Crippen LogP) is 6.58. The molecule has 35 heavy (non-hydrogen) atoms. The van der Waals surface area contributed by atoms with Crippen molar-refractivity contribution in [2.24, 2.45) is 0 Å². The molecular weight excluding hydrogens is 516 g/mol. The first-order valence-electron chi connectivity index (χ1n) is 9.65. The number of nitrogens with zero attached hydrogens (tertiary/aromatic N) is 1. The summed E-state index contributed by atoms with van der Waals surface area (Å²) in [7, 11) is -3.57. The summed E-state index contributed by atoms with van der Waals surface area (Å²) < 4.78 is 103. The zero-order valence-corrected chi connectivity index (χ0v) is 19.7. The molecule has 0 bridgehead atoms. The number of benzene rings is 1. The van der Waals surface area contributed by atoms with Crippen molar-refractivity contribution in [3.8, 4) is 10.4 Å². The van der Waals surface area contributed by atoms with Crippen LogP contribution in [-0.2, 0) is 16.0 Å². The molecular formula is C22H17F6N3O2S2. The van der Waals surface area contributed by atoms with Gasteiger partial charge in [0.2, 0.25) is 0 Å². The lowest BCUT2D eigenvalue weighted by Crippen LogP contribution is -2.20. The van der Waals surface area contributed by atoms with E-state index in [4.69, 9.17) is 5.41 Å².